The van der Waals surface area contributed by atoms with Gasteiger partial charge in [0.1, 0.15) is 0 Å². The van der Waals surface area contributed by atoms with Crippen LogP contribution in [-0.2, 0) is 0 Å². The lowest BCUT2D eigenvalue weighted by atomic mass is 10.0. The monoisotopic (exact) mass is 573 g/mol. The Morgan fingerprint density at radius 3 is 0.639 bits per heavy atom. The minimum atomic E-state index is 0. The van der Waals surface area contributed by atoms with Crippen molar-refractivity contribution < 1.29 is 21.5 Å². The standard InChI is InChI=1S/C34H72N.BrH/c1-5-7-9-11-13-15-17-19-20-21-22-24-26-28-30-32-34-35(3,4)33-31-29-27-25-23-18-16-14-12-10-8-6-2;/h5-34H2,1-4H3;1H/q+1;/p-1. The zero-order chi connectivity index (χ0) is 25.7. The summed E-state index contributed by atoms with van der Waals surface area (Å²) in [6, 6.07) is 0. The van der Waals surface area contributed by atoms with Crippen molar-refractivity contribution in [3.8, 4) is 0 Å². The van der Waals surface area contributed by atoms with Gasteiger partial charge >= 0.3 is 0 Å². The van der Waals surface area contributed by atoms with Gasteiger partial charge in [-0.1, -0.05) is 168 Å². The van der Waals surface area contributed by atoms with Crippen molar-refractivity contribution in [3.05, 3.63) is 0 Å². The summed E-state index contributed by atoms with van der Waals surface area (Å²) in [5.74, 6) is 0. The third kappa shape index (κ3) is 32.5. The SMILES string of the molecule is CCCCCCCCCCCCCCCCCC[N+](C)(C)CCCCCCCCCCCCCC.[Br-]. The van der Waals surface area contributed by atoms with Crippen LogP contribution in [0.1, 0.15) is 194 Å². The lowest BCUT2D eigenvalue weighted by Crippen LogP contribution is -3.00. The molecule has 0 aromatic carbocycles. The van der Waals surface area contributed by atoms with Gasteiger partial charge in [-0.3, -0.25) is 0 Å². The van der Waals surface area contributed by atoms with Crippen LogP contribution < -0.4 is 17.0 Å². The van der Waals surface area contributed by atoms with Gasteiger partial charge in [0.05, 0.1) is 27.2 Å². The van der Waals surface area contributed by atoms with E-state index in [4.69, 9.17) is 0 Å². The molecule has 0 heterocycles. The molecular formula is C34H72BrN. The van der Waals surface area contributed by atoms with Crippen LogP contribution in [0.5, 0.6) is 0 Å². The van der Waals surface area contributed by atoms with E-state index in [1.165, 1.54) is 197 Å². The van der Waals surface area contributed by atoms with Gasteiger partial charge in [-0.2, -0.15) is 0 Å². The molecule has 0 aromatic heterocycles. The summed E-state index contributed by atoms with van der Waals surface area (Å²) in [6.07, 6.45) is 40.9. The highest BCUT2D eigenvalue weighted by molar-refractivity contribution is 4.51. The number of unbranched alkanes of at least 4 members (excludes halogenated alkanes) is 26. The molecule has 0 N–H and O–H groups in total. The van der Waals surface area contributed by atoms with Gasteiger partial charge in [-0.15, -0.1) is 0 Å². The second-order valence-electron chi connectivity index (χ2n) is 12.6. The molecule has 0 saturated carbocycles. The summed E-state index contributed by atoms with van der Waals surface area (Å²) in [6.45, 7) is 7.38. The van der Waals surface area contributed by atoms with Crippen molar-refractivity contribution in [1.82, 2.24) is 0 Å². The smallest absolute Gasteiger partial charge is 0.0782 e. The highest BCUT2D eigenvalue weighted by Crippen LogP contribution is 2.15. The van der Waals surface area contributed by atoms with Crippen LogP contribution in [0.3, 0.4) is 0 Å². The number of nitrogens with zero attached hydrogens (tertiary/aromatic N) is 1. The van der Waals surface area contributed by atoms with E-state index in [1.807, 2.05) is 0 Å². The zero-order valence-corrected chi connectivity index (χ0v) is 27.6. The van der Waals surface area contributed by atoms with Gasteiger partial charge in [-0.25, -0.2) is 0 Å². The molecule has 0 aliphatic carbocycles. The molecular weight excluding hydrogens is 502 g/mol. The maximum atomic E-state index is 2.46. The summed E-state index contributed by atoms with van der Waals surface area (Å²) in [4.78, 5) is 0. The minimum Gasteiger partial charge on any atom is -1.00 e. The molecule has 220 valence electrons. The molecule has 0 unspecified atom stereocenters. The number of quaternary nitrogens is 1. The molecule has 0 saturated heterocycles. The van der Waals surface area contributed by atoms with E-state index in [2.05, 4.69) is 27.9 Å². The quantitative estimate of drug-likeness (QED) is 0.0593. The van der Waals surface area contributed by atoms with E-state index >= 15 is 0 Å². The second-order valence-corrected chi connectivity index (χ2v) is 12.6. The zero-order valence-electron chi connectivity index (χ0n) is 26.0. The Kier molecular flexibility index (Phi) is 33.9. The molecule has 0 amide bonds. The summed E-state index contributed by atoms with van der Waals surface area (Å²) in [5.41, 5.74) is 0. The summed E-state index contributed by atoms with van der Waals surface area (Å²) in [5, 5.41) is 0. The molecule has 1 nitrogen and oxygen atoms in total. The molecule has 0 spiro atoms. The Hall–Kier alpha value is 0.440. The summed E-state index contributed by atoms with van der Waals surface area (Å²) in [7, 11) is 4.92. The first kappa shape index (κ1) is 38.6. The van der Waals surface area contributed by atoms with Crippen LogP contribution in [0.25, 0.3) is 0 Å². The number of hydrogen-bond donors (Lipinski definition) is 0. The minimum absolute atomic E-state index is 0. The van der Waals surface area contributed by atoms with Gasteiger partial charge < -0.3 is 21.5 Å². The second kappa shape index (κ2) is 31.7. The van der Waals surface area contributed by atoms with Gasteiger partial charge in [0.2, 0.25) is 0 Å². The normalized spacial score (nSPS) is 11.7. The third-order valence-corrected chi connectivity index (χ3v) is 8.23. The van der Waals surface area contributed by atoms with Crippen LogP contribution in [0, 0.1) is 0 Å². The van der Waals surface area contributed by atoms with Gasteiger partial charge in [-0.05, 0) is 25.7 Å². The molecule has 2 heteroatoms. The van der Waals surface area contributed by atoms with E-state index in [-0.39, 0.29) is 17.0 Å². The van der Waals surface area contributed by atoms with Gasteiger partial charge in [0, 0.05) is 0 Å². The summed E-state index contributed by atoms with van der Waals surface area (Å²) < 4.78 is 1.25. The van der Waals surface area contributed by atoms with Gasteiger partial charge in [0.15, 0.2) is 0 Å². The first-order valence-electron chi connectivity index (χ1n) is 16.9. The molecule has 0 rings (SSSR count). The van der Waals surface area contributed by atoms with E-state index in [9.17, 15) is 0 Å². The van der Waals surface area contributed by atoms with Crippen molar-refractivity contribution in [2.75, 3.05) is 27.2 Å². The third-order valence-electron chi connectivity index (χ3n) is 8.23. The molecule has 0 radical (unpaired) electrons. The molecule has 36 heavy (non-hydrogen) atoms. The molecule has 0 aliphatic rings. The molecule has 0 aliphatic heterocycles. The summed E-state index contributed by atoms with van der Waals surface area (Å²) >= 11 is 0. The Bertz CT molecular complexity index is 381. The fourth-order valence-corrected chi connectivity index (χ4v) is 5.58. The Balaban J connectivity index is 0. The van der Waals surface area contributed by atoms with Crippen LogP contribution in [0.15, 0.2) is 0 Å². The predicted octanol–water partition coefficient (Wildman–Crippen LogP) is 9.03. The Morgan fingerprint density at radius 1 is 0.278 bits per heavy atom. The largest absolute Gasteiger partial charge is 1.00 e. The van der Waals surface area contributed by atoms with E-state index in [1.54, 1.807) is 0 Å². The molecule has 0 bridgehead atoms. The van der Waals surface area contributed by atoms with E-state index < -0.39 is 0 Å². The number of halogens is 1. The van der Waals surface area contributed by atoms with Gasteiger partial charge in [0.25, 0.3) is 0 Å². The fourth-order valence-electron chi connectivity index (χ4n) is 5.58. The topological polar surface area (TPSA) is 0 Å². The Labute approximate surface area is 241 Å². The molecule has 0 fully saturated rings. The first-order valence-corrected chi connectivity index (χ1v) is 16.9. The van der Waals surface area contributed by atoms with E-state index in [0.29, 0.717) is 0 Å². The van der Waals surface area contributed by atoms with Crippen LogP contribution >= 0.6 is 0 Å². The van der Waals surface area contributed by atoms with Crippen molar-refractivity contribution in [3.63, 3.8) is 0 Å². The van der Waals surface area contributed by atoms with E-state index in [0.717, 1.165) is 0 Å². The lowest BCUT2D eigenvalue weighted by molar-refractivity contribution is -0.890. The van der Waals surface area contributed by atoms with Crippen molar-refractivity contribution in [2.45, 2.75) is 194 Å². The van der Waals surface area contributed by atoms with Crippen molar-refractivity contribution in [1.29, 1.82) is 0 Å². The average molecular weight is 575 g/mol. The Morgan fingerprint density at radius 2 is 0.444 bits per heavy atom. The van der Waals surface area contributed by atoms with Crippen LogP contribution in [0.4, 0.5) is 0 Å². The first-order chi connectivity index (χ1) is 17.1. The van der Waals surface area contributed by atoms with Crippen molar-refractivity contribution in [2.24, 2.45) is 0 Å². The number of hydrogen-bond acceptors (Lipinski definition) is 0. The van der Waals surface area contributed by atoms with Crippen LogP contribution in [0.2, 0.25) is 0 Å². The average Bonchev–Trinajstić information content (AvgIpc) is 2.84. The fraction of sp³-hybridized carbons (Fsp3) is 1.00. The van der Waals surface area contributed by atoms with Crippen LogP contribution in [-0.4, -0.2) is 31.7 Å². The predicted molar refractivity (Wildman–Crippen MR) is 162 cm³/mol. The highest BCUT2D eigenvalue weighted by Gasteiger charge is 2.13. The maximum absolute atomic E-state index is 2.46. The number of rotatable bonds is 30. The lowest BCUT2D eigenvalue weighted by Gasteiger charge is -2.30. The molecule has 0 aromatic rings. The maximum Gasteiger partial charge on any atom is 0.0782 e. The van der Waals surface area contributed by atoms with Crippen molar-refractivity contribution >= 4 is 0 Å². The highest BCUT2D eigenvalue weighted by atomic mass is 79.9. The molecule has 0 atom stereocenters.